The minimum atomic E-state index is 0.153. The number of hydrogen-bond acceptors (Lipinski definition) is 6. The van der Waals surface area contributed by atoms with Gasteiger partial charge in [-0.1, -0.05) is 6.07 Å². The maximum atomic E-state index is 5.88. The molecule has 1 saturated heterocycles. The maximum Gasteiger partial charge on any atom is 0.132 e. The van der Waals surface area contributed by atoms with Crippen LogP contribution in [0.4, 0.5) is 5.82 Å². The first-order chi connectivity index (χ1) is 13.7. The highest BCUT2D eigenvalue weighted by atomic mass is 16.5. The molecule has 6 nitrogen and oxygen atoms in total. The SMILES string of the molecule is CC(C)Oc1ccc2c(c1)C(c1cc(N3CCN(C4CC4)CC3)ncn1)=NC2. The van der Waals surface area contributed by atoms with E-state index < -0.39 is 0 Å². The van der Waals surface area contributed by atoms with E-state index in [-0.39, 0.29) is 6.10 Å². The van der Waals surface area contributed by atoms with Crippen LogP contribution in [0.2, 0.25) is 0 Å². The number of nitrogens with zero attached hydrogens (tertiary/aromatic N) is 5. The van der Waals surface area contributed by atoms with E-state index in [1.807, 2.05) is 19.9 Å². The molecule has 1 aromatic heterocycles. The quantitative estimate of drug-likeness (QED) is 0.802. The molecule has 1 aliphatic carbocycles. The number of anilines is 1. The lowest BCUT2D eigenvalue weighted by Gasteiger charge is -2.35. The molecule has 5 rings (SSSR count). The molecule has 28 heavy (non-hydrogen) atoms. The molecule has 0 bridgehead atoms. The molecule has 2 aromatic rings. The summed E-state index contributed by atoms with van der Waals surface area (Å²) >= 11 is 0. The van der Waals surface area contributed by atoms with Crippen molar-refractivity contribution in [2.24, 2.45) is 4.99 Å². The van der Waals surface area contributed by atoms with Gasteiger partial charge in [0.2, 0.25) is 0 Å². The Morgan fingerprint density at radius 3 is 2.61 bits per heavy atom. The summed E-state index contributed by atoms with van der Waals surface area (Å²) in [5.41, 5.74) is 4.20. The normalized spacial score (nSPS) is 19.7. The summed E-state index contributed by atoms with van der Waals surface area (Å²) < 4.78 is 5.88. The topological polar surface area (TPSA) is 53.9 Å². The van der Waals surface area contributed by atoms with Gasteiger partial charge in [-0.15, -0.1) is 0 Å². The van der Waals surface area contributed by atoms with Crippen LogP contribution in [0.15, 0.2) is 35.6 Å². The average Bonchev–Trinajstić information content (AvgIpc) is 3.47. The van der Waals surface area contributed by atoms with Crippen LogP contribution in [-0.2, 0) is 6.54 Å². The standard InChI is InChI=1S/C22H27N5O/c1-15(2)28-18-6-3-16-13-23-22(19(16)11-18)20-12-21(25-14-24-20)27-9-7-26(8-10-27)17-4-5-17/h3,6,11-12,14-15,17H,4-5,7-10,13H2,1-2H3. The Kier molecular flexibility index (Phi) is 4.51. The van der Waals surface area contributed by atoms with Crippen LogP contribution >= 0.6 is 0 Å². The Bertz CT molecular complexity index is 898. The summed E-state index contributed by atoms with van der Waals surface area (Å²) in [5, 5.41) is 0. The van der Waals surface area contributed by atoms with E-state index in [4.69, 9.17) is 9.73 Å². The highest BCUT2D eigenvalue weighted by Crippen LogP contribution is 2.30. The van der Waals surface area contributed by atoms with Gasteiger partial charge in [0, 0.05) is 43.9 Å². The third-order valence-corrected chi connectivity index (χ3v) is 5.71. The summed E-state index contributed by atoms with van der Waals surface area (Å²) in [5.74, 6) is 1.89. The van der Waals surface area contributed by atoms with Crippen molar-refractivity contribution in [3.8, 4) is 5.75 Å². The van der Waals surface area contributed by atoms with Crippen LogP contribution in [0.25, 0.3) is 0 Å². The van der Waals surface area contributed by atoms with Crippen molar-refractivity contribution >= 4 is 11.5 Å². The van der Waals surface area contributed by atoms with Crippen molar-refractivity contribution < 1.29 is 4.74 Å². The number of ether oxygens (including phenoxy) is 1. The summed E-state index contributed by atoms with van der Waals surface area (Å²) in [6.07, 6.45) is 4.57. The lowest BCUT2D eigenvalue weighted by atomic mass is 10.0. The number of fused-ring (bicyclic) bond motifs is 1. The van der Waals surface area contributed by atoms with Crippen molar-refractivity contribution in [2.75, 3.05) is 31.1 Å². The molecule has 2 aliphatic heterocycles. The summed E-state index contributed by atoms with van der Waals surface area (Å²) in [7, 11) is 0. The van der Waals surface area contributed by atoms with E-state index in [1.165, 1.54) is 18.4 Å². The highest BCUT2D eigenvalue weighted by molar-refractivity contribution is 6.14. The van der Waals surface area contributed by atoms with Gasteiger partial charge < -0.3 is 9.64 Å². The molecular formula is C22H27N5O. The van der Waals surface area contributed by atoms with Crippen LogP contribution in [0.1, 0.15) is 43.5 Å². The largest absolute Gasteiger partial charge is 0.491 e. The fourth-order valence-electron chi connectivity index (χ4n) is 4.13. The zero-order chi connectivity index (χ0) is 19.1. The smallest absolute Gasteiger partial charge is 0.132 e. The van der Waals surface area contributed by atoms with E-state index in [0.29, 0.717) is 6.54 Å². The van der Waals surface area contributed by atoms with Crippen LogP contribution in [-0.4, -0.2) is 58.9 Å². The van der Waals surface area contributed by atoms with Crippen LogP contribution in [0.5, 0.6) is 5.75 Å². The van der Waals surface area contributed by atoms with Crippen molar-refractivity contribution in [3.63, 3.8) is 0 Å². The molecule has 6 heteroatoms. The van der Waals surface area contributed by atoms with Gasteiger partial charge in [-0.05, 0) is 44.4 Å². The molecule has 0 spiro atoms. The Balaban J connectivity index is 1.36. The second kappa shape index (κ2) is 7.17. The van der Waals surface area contributed by atoms with Crippen molar-refractivity contribution in [2.45, 2.75) is 45.4 Å². The van der Waals surface area contributed by atoms with Gasteiger partial charge >= 0.3 is 0 Å². The molecule has 3 aliphatic rings. The third kappa shape index (κ3) is 3.49. The fraction of sp³-hybridized carbons (Fsp3) is 0.500. The minimum absolute atomic E-state index is 0.153. The molecular weight excluding hydrogens is 350 g/mol. The van der Waals surface area contributed by atoms with E-state index in [9.17, 15) is 0 Å². The predicted octanol–water partition coefficient (Wildman–Crippen LogP) is 2.90. The molecule has 0 radical (unpaired) electrons. The van der Waals surface area contributed by atoms with E-state index in [0.717, 1.165) is 60.8 Å². The minimum Gasteiger partial charge on any atom is -0.491 e. The predicted molar refractivity (Wildman–Crippen MR) is 110 cm³/mol. The number of hydrogen-bond donors (Lipinski definition) is 0. The molecule has 0 N–H and O–H groups in total. The van der Waals surface area contributed by atoms with Gasteiger partial charge in [0.05, 0.1) is 24.1 Å². The first-order valence-electron chi connectivity index (χ1n) is 10.3. The number of aromatic nitrogens is 2. The molecule has 0 unspecified atom stereocenters. The molecule has 3 heterocycles. The number of aliphatic imine (C=N–C) groups is 1. The molecule has 146 valence electrons. The molecule has 0 atom stereocenters. The van der Waals surface area contributed by atoms with Gasteiger partial charge in [0.1, 0.15) is 17.9 Å². The summed E-state index contributed by atoms with van der Waals surface area (Å²) in [4.78, 5) is 18.8. The van der Waals surface area contributed by atoms with Crippen molar-refractivity contribution in [1.29, 1.82) is 0 Å². The second-order valence-electron chi connectivity index (χ2n) is 8.17. The van der Waals surface area contributed by atoms with Gasteiger partial charge in [-0.2, -0.15) is 0 Å². The third-order valence-electron chi connectivity index (χ3n) is 5.71. The fourth-order valence-corrected chi connectivity index (χ4v) is 4.13. The van der Waals surface area contributed by atoms with E-state index in [1.54, 1.807) is 6.33 Å². The number of rotatable bonds is 5. The van der Waals surface area contributed by atoms with Gasteiger partial charge in [-0.3, -0.25) is 9.89 Å². The van der Waals surface area contributed by atoms with Crippen molar-refractivity contribution in [1.82, 2.24) is 14.9 Å². The summed E-state index contributed by atoms with van der Waals surface area (Å²) in [6.45, 7) is 9.11. The first kappa shape index (κ1) is 17.6. The number of benzene rings is 1. The maximum absolute atomic E-state index is 5.88. The Morgan fingerprint density at radius 1 is 1.04 bits per heavy atom. The van der Waals surface area contributed by atoms with E-state index >= 15 is 0 Å². The lowest BCUT2D eigenvalue weighted by molar-refractivity contribution is 0.242. The van der Waals surface area contributed by atoms with Crippen LogP contribution in [0.3, 0.4) is 0 Å². The Labute approximate surface area is 166 Å². The lowest BCUT2D eigenvalue weighted by Crippen LogP contribution is -2.47. The van der Waals surface area contributed by atoms with Crippen molar-refractivity contribution in [3.05, 3.63) is 47.4 Å². The van der Waals surface area contributed by atoms with Crippen LogP contribution < -0.4 is 9.64 Å². The Morgan fingerprint density at radius 2 is 1.86 bits per heavy atom. The monoisotopic (exact) mass is 377 g/mol. The zero-order valence-corrected chi connectivity index (χ0v) is 16.6. The zero-order valence-electron chi connectivity index (χ0n) is 16.6. The molecule has 1 saturated carbocycles. The Hall–Kier alpha value is -2.47. The van der Waals surface area contributed by atoms with Gasteiger partial charge in [0.15, 0.2) is 0 Å². The summed E-state index contributed by atoms with van der Waals surface area (Å²) in [6, 6.07) is 9.17. The van der Waals surface area contributed by atoms with E-state index in [2.05, 4.69) is 38.0 Å². The molecule has 0 amide bonds. The average molecular weight is 377 g/mol. The van der Waals surface area contributed by atoms with Crippen LogP contribution in [0, 0.1) is 0 Å². The highest BCUT2D eigenvalue weighted by Gasteiger charge is 2.31. The number of piperazine rings is 1. The van der Waals surface area contributed by atoms with Gasteiger partial charge in [0.25, 0.3) is 0 Å². The first-order valence-corrected chi connectivity index (χ1v) is 10.3. The van der Waals surface area contributed by atoms with Gasteiger partial charge in [-0.25, -0.2) is 9.97 Å². The second-order valence-corrected chi connectivity index (χ2v) is 8.17. The molecule has 1 aromatic carbocycles. The molecule has 2 fully saturated rings.